The zero-order valence-corrected chi connectivity index (χ0v) is 20.3. The molecule has 8 nitrogen and oxygen atoms in total. The van der Waals surface area contributed by atoms with Crippen molar-refractivity contribution in [3.63, 3.8) is 0 Å². The van der Waals surface area contributed by atoms with Crippen LogP contribution >= 0.6 is 11.8 Å². The summed E-state index contributed by atoms with van der Waals surface area (Å²) in [4.78, 5) is 1.43. The second kappa shape index (κ2) is 9.90. The van der Waals surface area contributed by atoms with Crippen LogP contribution in [-0.4, -0.2) is 27.0 Å². The Bertz CT molecular complexity index is 1390. The Labute approximate surface area is 206 Å². The third kappa shape index (κ3) is 6.27. The van der Waals surface area contributed by atoms with Gasteiger partial charge in [-0.25, -0.2) is 0 Å². The van der Waals surface area contributed by atoms with Crippen molar-refractivity contribution in [2.24, 2.45) is 0 Å². The Hall–Kier alpha value is -3.67. The van der Waals surface area contributed by atoms with Gasteiger partial charge in [0, 0.05) is 9.79 Å². The van der Waals surface area contributed by atoms with Crippen LogP contribution < -0.4 is 8.37 Å². The van der Waals surface area contributed by atoms with Gasteiger partial charge in [-0.2, -0.15) is 16.8 Å². The quantitative estimate of drug-likeness (QED) is 0.309. The van der Waals surface area contributed by atoms with Gasteiger partial charge in [0.25, 0.3) is 0 Å². The van der Waals surface area contributed by atoms with E-state index >= 15 is 0 Å². The molecule has 0 bridgehead atoms. The molecule has 11 heteroatoms. The number of phenolic OH excluding ortho intramolecular Hbond substituents is 2. The summed E-state index contributed by atoms with van der Waals surface area (Å²) in [7, 11) is -8.07. The van der Waals surface area contributed by atoms with Gasteiger partial charge in [-0.1, -0.05) is 11.8 Å². The highest BCUT2D eigenvalue weighted by atomic mass is 32.2. The lowest BCUT2D eigenvalue weighted by atomic mass is 10.3. The van der Waals surface area contributed by atoms with Crippen LogP contribution in [0.3, 0.4) is 0 Å². The number of hydrogen-bond acceptors (Lipinski definition) is 9. The lowest BCUT2D eigenvalue weighted by Crippen LogP contribution is -2.09. The van der Waals surface area contributed by atoms with E-state index < -0.39 is 20.2 Å². The van der Waals surface area contributed by atoms with Gasteiger partial charge >= 0.3 is 20.2 Å². The molecule has 0 saturated heterocycles. The Balaban J connectivity index is 1.39. The summed E-state index contributed by atoms with van der Waals surface area (Å²) in [6.45, 7) is 0. The highest BCUT2D eigenvalue weighted by Crippen LogP contribution is 2.31. The van der Waals surface area contributed by atoms with Crippen molar-refractivity contribution < 1.29 is 35.4 Å². The first-order valence-electron chi connectivity index (χ1n) is 9.96. The summed E-state index contributed by atoms with van der Waals surface area (Å²) in [5.74, 6) is 0.156. The first kappa shape index (κ1) is 24.5. The number of aromatic hydroxyl groups is 2. The summed E-state index contributed by atoms with van der Waals surface area (Å²) < 4.78 is 59.7. The Kier molecular flexibility index (Phi) is 6.92. The highest BCUT2D eigenvalue weighted by molar-refractivity contribution is 7.99. The topological polar surface area (TPSA) is 127 Å². The zero-order valence-electron chi connectivity index (χ0n) is 17.8. The van der Waals surface area contributed by atoms with Crippen LogP contribution in [0.1, 0.15) is 0 Å². The van der Waals surface area contributed by atoms with Gasteiger partial charge in [0.2, 0.25) is 0 Å². The fourth-order valence-corrected chi connectivity index (χ4v) is 5.51. The van der Waals surface area contributed by atoms with E-state index in [1.165, 1.54) is 84.6 Å². The number of hydrogen-bond donors (Lipinski definition) is 2. The molecule has 0 aromatic heterocycles. The minimum absolute atomic E-state index is 0.0520. The van der Waals surface area contributed by atoms with E-state index in [2.05, 4.69) is 0 Å². The van der Waals surface area contributed by atoms with E-state index in [-0.39, 0.29) is 32.8 Å². The molecule has 0 aliphatic rings. The van der Waals surface area contributed by atoms with Crippen LogP contribution in [0, 0.1) is 0 Å². The van der Waals surface area contributed by atoms with E-state index in [0.29, 0.717) is 0 Å². The van der Waals surface area contributed by atoms with E-state index in [4.69, 9.17) is 8.37 Å². The van der Waals surface area contributed by atoms with Crippen LogP contribution in [0.2, 0.25) is 0 Å². The SMILES string of the molecule is O=S(=O)(Oc1ccc(Sc2ccc(OS(=O)(=O)c3ccc(O)cc3)cc2)cc1)c1ccc(O)cc1. The van der Waals surface area contributed by atoms with Crippen LogP contribution in [0.5, 0.6) is 23.0 Å². The van der Waals surface area contributed by atoms with Crippen molar-refractivity contribution in [1.29, 1.82) is 0 Å². The number of benzene rings is 4. The molecular formula is C24H18O8S3. The molecule has 0 heterocycles. The number of phenols is 2. The second-order valence-electron chi connectivity index (χ2n) is 7.11. The standard InChI is InChI=1S/C24H18O8S3/c25-17-1-13-23(14-2-17)34(27,28)31-19-5-9-21(10-6-19)33-22-11-7-20(8-12-22)32-35(29,30)24-15-3-18(26)4-16-24/h1-16,25-26H. The maximum Gasteiger partial charge on any atom is 0.339 e. The largest absolute Gasteiger partial charge is 0.508 e. The second-order valence-corrected chi connectivity index (χ2v) is 11.3. The molecule has 0 fully saturated rings. The normalized spacial score (nSPS) is 11.7. The molecule has 0 atom stereocenters. The summed E-state index contributed by atoms with van der Waals surface area (Å²) in [5, 5.41) is 18.6. The van der Waals surface area contributed by atoms with E-state index in [1.54, 1.807) is 24.3 Å². The molecule has 0 unspecified atom stereocenters. The predicted octanol–water partition coefficient (Wildman–Crippen LogP) is 4.78. The first-order valence-corrected chi connectivity index (χ1v) is 13.6. The Morgan fingerprint density at radius 1 is 0.486 bits per heavy atom. The van der Waals surface area contributed by atoms with Crippen LogP contribution in [0.15, 0.2) is 117 Å². The third-order valence-electron chi connectivity index (χ3n) is 4.55. The van der Waals surface area contributed by atoms with Crippen LogP contribution in [0.4, 0.5) is 0 Å². The average Bonchev–Trinajstić information content (AvgIpc) is 2.82. The summed E-state index contributed by atoms with van der Waals surface area (Å²) in [6.07, 6.45) is 0. The molecule has 0 radical (unpaired) electrons. The molecule has 4 aromatic rings. The zero-order chi connectivity index (χ0) is 25.1. The summed E-state index contributed by atoms with van der Waals surface area (Å²) in [6, 6.07) is 22.8. The van der Waals surface area contributed by atoms with Gasteiger partial charge in [0.15, 0.2) is 0 Å². The maximum atomic E-state index is 12.4. The average molecular weight is 531 g/mol. The van der Waals surface area contributed by atoms with Gasteiger partial charge in [0.1, 0.15) is 32.8 Å². The fourth-order valence-electron chi connectivity index (χ4n) is 2.84. The van der Waals surface area contributed by atoms with Crippen molar-refractivity contribution in [2.45, 2.75) is 19.6 Å². The third-order valence-corrected chi connectivity index (χ3v) is 8.08. The molecular weight excluding hydrogens is 512 g/mol. The van der Waals surface area contributed by atoms with Gasteiger partial charge in [-0.15, -0.1) is 0 Å². The van der Waals surface area contributed by atoms with Gasteiger partial charge < -0.3 is 18.6 Å². The van der Waals surface area contributed by atoms with Crippen molar-refractivity contribution in [1.82, 2.24) is 0 Å². The van der Waals surface area contributed by atoms with Crippen molar-refractivity contribution in [2.75, 3.05) is 0 Å². The monoisotopic (exact) mass is 530 g/mol. The molecule has 180 valence electrons. The molecule has 0 aliphatic carbocycles. The Morgan fingerprint density at radius 2 is 0.800 bits per heavy atom. The van der Waals surface area contributed by atoms with Crippen LogP contribution in [-0.2, 0) is 20.2 Å². The molecule has 4 aromatic carbocycles. The smallest absolute Gasteiger partial charge is 0.339 e. The Morgan fingerprint density at radius 3 is 1.11 bits per heavy atom. The summed E-state index contributed by atoms with van der Waals surface area (Å²) >= 11 is 1.37. The van der Waals surface area contributed by atoms with Gasteiger partial charge in [0.05, 0.1) is 0 Å². The predicted molar refractivity (Wildman–Crippen MR) is 129 cm³/mol. The molecule has 0 amide bonds. The van der Waals surface area contributed by atoms with Crippen molar-refractivity contribution in [3.05, 3.63) is 97.1 Å². The fraction of sp³-hybridized carbons (Fsp3) is 0. The molecule has 2 N–H and O–H groups in total. The molecule has 35 heavy (non-hydrogen) atoms. The van der Waals surface area contributed by atoms with Crippen molar-refractivity contribution >= 4 is 32.0 Å². The maximum absolute atomic E-state index is 12.4. The minimum atomic E-state index is -4.04. The van der Waals surface area contributed by atoms with Gasteiger partial charge in [-0.05, 0) is 97.1 Å². The first-order chi connectivity index (χ1) is 16.6. The molecule has 0 aliphatic heterocycles. The van der Waals surface area contributed by atoms with E-state index in [0.717, 1.165) is 9.79 Å². The molecule has 4 rings (SSSR count). The van der Waals surface area contributed by atoms with Gasteiger partial charge in [-0.3, -0.25) is 0 Å². The lowest BCUT2D eigenvalue weighted by Gasteiger charge is -2.09. The minimum Gasteiger partial charge on any atom is -0.508 e. The molecule has 0 spiro atoms. The lowest BCUT2D eigenvalue weighted by molar-refractivity contribution is 0.471. The van der Waals surface area contributed by atoms with Crippen molar-refractivity contribution in [3.8, 4) is 23.0 Å². The van der Waals surface area contributed by atoms with E-state index in [9.17, 15) is 27.0 Å². The molecule has 0 saturated carbocycles. The van der Waals surface area contributed by atoms with E-state index in [1.807, 2.05) is 0 Å². The number of rotatable bonds is 8. The highest BCUT2D eigenvalue weighted by Gasteiger charge is 2.18. The summed E-state index contributed by atoms with van der Waals surface area (Å²) in [5.41, 5.74) is 0. The van der Waals surface area contributed by atoms with Crippen LogP contribution in [0.25, 0.3) is 0 Å².